The highest BCUT2D eigenvalue weighted by Crippen LogP contribution is 2.28. The molecule has 0 spiro atoms. The van der Waals surface area contributed by atoms with Crippen molar-refractivity contribution in [3.05, 3.63) is 71.1 Å². The van der Waals surface area contributed by atoms with E-state index in [9.17, 15) is 14.4 Å². The van der Waals surface area contributed by atoms with Gasteiger partial charge in [-0.15, -0.1) is 0 Å². The normalized spacial score (nSPS) is 16.7. The largest absolute Gasteiger partial charge is 0.464 e. The molecule has 3 rings (SSSR count). The fourth-order valence-corrected chi connectivity index (χ4v) is 3.40. The van der Waals surface area contributed by atoms with Crippen LogP contribution in [0.1, 0.15) is 46.1 Å². The second kappa shape index (κ2) is 10.3. The Hall–Kier alpha value is -3.94. The number of anilines is 1. The third-order valence-electron chi connectivity index (χ3n) is 5.05. The summed E-state index contributed by atoms with van der Waals surface area (Å²) in [6.45, 7) is 7.23. The molecule has 1 aliphatic heterocycles. The molecule has 2 amide bonds. The standard InChI is InChI=1S/C26H29N3O5/c1-6-16-11-14-21(28-22(16)24(31)33-5)29-23(30)19-8-7-18(15-19)17-9-12-20(13-10-17)27-25(32)34-26(2,3)4/h6-7,9-10,12-15H,8,11H2,1-5H3,(H,27,32)(H,29,30). The number of rotatable bonds is 5. The molecule has 34 heavy (non-hydrogen) atoms. The maximum Gasteiger partial charge on any atom is 0.412 e. The second-order valence-corrected chi connectivity index (χ2v) is 8.75. The second-order valence-electron chi connectivity index (χ2n) is 8.75. The Morgan fingerprint density at radius 1 is 1.03 bits per heavy atom. The van der Waals surface area contributed by atoms with Gasteiger partial charge in [-0.25, -0.2) is 14.6 Å². The Balaban J connectivity index is 1.63. The molecule has 1 heterocycles. The van der Waals surface area contributed by atoms with Crippen LogP contribution in [0.3, 0.4) is 0 Å². The maximum absolute atomic E-state index is 12.8. The maximum atomic E-state index is 12.8. The van der Waals surface area contributed by atoms with Crippen LogP contribution >= 0.6 is 0 Å². The zero-order chi connectivity index (χ0) is 24.9. The van der Waals surface area contributed by atoms with Gasteiger partial charge in [-0.2, -0.15) is 0 Å². The summed E-state index contributed by atoms with van der Waals surface area (Å²) >= 11 is 0. The number of methoxy groups -OCH3 is 1. The first kappa shape index (κ1) is 24.7. The molecule has 0 radical (unpaired) electrons. The van der Waals surface area contributed by atoms with Gasteiger partial charge in [-0.1, -0.05) is 24.3 Å². The van der Waals surface area contributed by atoms with Gasteiger partial charge >= 0.3 is 12.1 Å². The molecule has 2 N–H and O–H groups in total. The smallest absolute Gasteiger partial charge is 0.412 e. The number of benzene rings is 1. The lowest BCUT2D eigenvalue weighted by molar-refractivity contribution is -0.132. The van der Waals surface area contributed by atoms with E-state index in [0.29, 0.717) is 29.9 Å². The van der Waals surface area contributed by atoms with E-state index in [1.165, 1.54) is 7.11 Å². The highest BCUT2D eigenvalue weighted by molar-refractivity contribution is 6.43. The molecular weight excluding hydrogens is 434 g/mol. The number of nitrogens with one attached hydrogen (secondary N) is 2. The number of ether oxygens (including phenoxy) is 2. The minimum atomic E-state index is -0.574. The van der Waals surface area contributed by atoms with Crippen LogP contribution in [0.15, 0.2) is 70.5 Å². The average molecular weight is 464 g/mol. The van der Waals surface area contributed by atoms with E-state index in [0.717, 1.165) is 16.7 Å². The third-order valence-corrected chi connectivity index (χ3v) is 5.05. The van der Waals surface area contributed by atoms with Crippen LogP contribution < -0.4 is 10.6 Å². The number of hydrogen-bond acceptors (Lipinski definition) is 6. The Kier molecular flexibility index (Phi) is 7.50. The monoisotopic (exact) mass is 463 g/mol. The minimum absolute atomic E-state index is 0.196. The predicted molar refractivity (Wildman–Crippen MR) is 131 cm³/mol. The number of amides is 2. The van der Waals surface area contributed by atoms with Crippen molar-refractivity contribution in [3.8, 4) is 0 Å². The Labute approximate surface area is 199 Å². The topological polar surface area (TPSA) is 106 Å². The van der Waals surface area contributed by atoms with E-state index in [1.807, 2.05) is 31.2 Å². The van der Waals surface area contributed by atoms with Crippen molar-refractivity contribution in [2.45, 2.75) is 46.1 Å². The van der Waals surface area contributed by atoms with Gasteiger partial charge in [0.2, 0.25) is 0 Å². The van der Waals surface area contributed by atoms with Gasteiger partial charge in [0.05, 0.1) is 7.11 Å². The molecule has 0 saturated carbocycles. The number of carbonyl (C=O) groups is 3. The van der Waals surface area contributed by atoms with Gasteiger partial charge in [-0.05, 0) is 81.5 Å². The van der Waals surface area contributed by atoms with Crippen molar-refractivity contribution in [1.82, 2.24) is 5.32 Å². The summed E-state index contributed by atoms with van der Waals surface area (Å²) in [5.74, 6) is -0.498. The number of aliphatic imine (C=N–C) groups is 1. The molecule has 8 nitrogen and oxygen atoms in total. The molecular formula is C26H29N3O5. The van der Waals surface area contributed by atoms with Crippen molar-refractivity contribution >= 4 is 34.9 Å². The van der Waals surface area contributed by atoms with Gasteiger partial charge in [0.25, 0.3) is 5.91 Å². The van der Waals surface area contributed by atoms with Crippen LogP contribution in [0.25, 0.3) is 5.57 Å². The van der Waals surface area contributed by atoms with E-state index in [-0.39, 0.29) is 11.6 Å². The van der Waals surface area contributed by atoms with Crippen molar-refractivity contribution in [2.24, 2.45) is 4.99 Å². The summed E-state index contributed by atoms with van der Waals surface area (Å²) in [4.78, 5) is 40.9. The molecule has 2 aliphatic rings. The Morgan fingerprint density at radius 3 is 2.35 bits per heavy atom. The van der Waals surface area contributed by atoms with Gasteiger partial charge in [-0.3, -0.25) is 10.1 Å². The van der Waals surface area contributed by atoms with Gasteiger partial charge < -0.3 is 14.8 Å². The van der Waals surface area contributed by atoms with E-state index in [1.54, 1.807) is 45.1 Å². The lowest BCUT2D eigenvalue weighted by Gasteiger charge is -2.19. The Morgan fingerprint density at radius 2 is 1.74 bits per heavy atom. The van der Waals surface area contributed by atoms with E-state index < -0.39 is 17.7 Å². The zero-order valence-electron chi connectivity index (χ0n) is 20.0. The molecule has 178 valence electrons. The van der Waals surface area contributed by atoms with Gasteiger partial charge in [0.1, 0.15) is 11.4 Å². The van der Waals surface area contributed by atoms with Crippen molar-refractivity contribution in [1.29, 1.82) is 0 Å². The lowest BCUT2D eigenvalue weighted by atomic mass is 10.0. The quantitative estimate of drug-likeness (QED) is 0.618. The van der Waals surface area contributed by atoms with Crippen molar-refractivity contribution in [3.63, 3.8) is 0 Å². The van der Waals surface area contributed by atoms with Crippen LogP contribution in [0.4, 0.5) is 10.5 Å². The van der Waals surface area contributed by atoms with Crippen molar-refractivity contribution in [2.75, 3.05) is 12.4 Å². The molecule has 0 unspecified atom stereocenters. The molecule has 0 bridgehead atoms. The van der Waals surface area contributed by atoms with Crippen LogP contribution in [0.2, 0.25) is 0 Å². The first-order valence-corrected chi connectivity index (χ1v) is 10.9. The number of hydrogen-bond donors (Lipinski definition) is 2. The number of esters is 1. The molecule has 0 atom stereocenters. The molecule has 0 fully saturated rings. The summed E-state index contributed by atoms with van der Waals surface area (Å²) < 4.78 is 10.0. The first-order chi connectivity index (χ1) is 16.1. The van der Waals surface area contributed by atoms with E-state index in [4.69, 9.17) is 9.47 Å². The van der Waals surface area contributed by atoms with E-state index in [2.05, 4.69) is 15.6 Å². The predicted octanol–water partition coefficient (Wildman–Crippen LogP) is 4.67. The van der Waals surface area contributed by atoms with Gasteiger partial charge in [0, 0.05) is 11.3 Å². The molecule has 1 aliphatic carbocycles. The van der Waals surface area contributed by atoms with Crippen LogP contribution in [0, 0.1) is 0 Å². The SMILES string of the molecule is CC=C1CC=C(NC(=O)C2=CC(c3ccc(NC(=O)OC(C)(C)C)cc3)=CC2)N=C1C(=O)OC. The molecule has 0 aromatic heterocycles. The Bertz CT molecular complexity index is 1150. The first-order valence-electron chi connectivity index (χ1n) is 10.9. The van der Waals surface area contributed by atoms with Crippen molar-refractivity contribution < 1.29 is 23.9 Å². The molecule has 1 aromatic carbocycles. The third kappa shape index (κ3) is 6.31. The summed E-state index contributed by atoms with van der Waals surface area (Å²) in [6.07, 6.45) is 7.77. The average Bonchev–Trinajstić information content (AvgIpc) is 3.28. The highest BCUT2D eigenvalue weighted by Gasteiger charge is 2.23. The van der Waals surface area contributed by atoms with E-state index >= 15 is 0 Å². The molecule has 0 saturated heterocycles. The van der Waals surface area contributed by atoms with Gasteiger partial charge in [0.15, 0.2) is 5.71 Å². The molecule has 1 aromatic rings. The summed E-state index contributed by atoms with van der Waals surface area (Å²) in [6, 6.07) is 7.29. The summed E-state index contributed by atoms with van der Waals surface area (Å²) in [7, 11) is 1.30. The van der Waals surface area contributed by atoms with Crippen LogP contribution in [0.5, 0.6) is 0 Å². The fraction of sp³-hybridized carbons (Fsp3) is 0.308. The molecule has 8 heteroatoms. The number of carbonyl (C=O) groups excluding carboxylic acids is 3. The van der Waals surface area contributed by atoms with Crippen LogP contribution in [-0.2, 0) is 19.1 Å². The minimum Gasteiger partial charge on any atom is -0.464 e. The van der Waals surface area contributed by atoms with Crippen LogP contribution in [-0.4, -0.2) is 36.4 Å². The number of allylic oxidation sites excluding steroid dienone is 5. The zero-order valence-corrected chi connectivity index (χ0v) is 20.0. The highest BCUT2D eigenvalue weighted by atomic mass is 16.6. The lowest BCUT2D eigenvalue weighted by Crippen LogP contribution is -2.28. The summed E-state index contributed by atoms with van der Waals surface area (Å²) in [5, 5.41) is 5.47. The summed E-state index contributed by atoms with van der Waals surface area (Å²) in [5.41, 5.74) is 3.39. The fourth-order valence-electron chi connectivity index (χ4n) is 3.40. The number of nitrogens with zero attached hydrogens (tertiary/aromatic N) is 1.